The first-order valence-corrected chi connectivity index (χ1v) is 11.8. The van der Waals surface area contributed by atoms with Crippen LogP contribution in [0.25, 0.3) is 0 Å². The van der Waals surface area contributed by atoms with Crippen LogP contribution in [0.2, 0.25) is 0 Å². The maximum Gasteiger partial charge on any atom is 0.259 e. The van der Waals surface area contributed by atoms with Crippen molar-refractivity contribution in [2.24, 2.45) is 9.50 Å². The number of hydrogen-bond acceptors (Lipinski definition) is 3. The van der Waals surface area contributed by atoms with Crippen LogP contribution in [0.3, 0.4) is 0 Å². The monoisotopic (exact) mass is 412 g/mol. The summed E-state index contributed by atoms with van der Waals surface area (Å²) in [4.78, 5) is 13.1. The van der Waals surface area contributed by atoms with Crippen LogP contribution in [-0.4, -0.2) is 15.2 Å². The van der Waals surface area contributed by atoms with E-state index in [1.807, 2.05) is 0 Å². The third-order valence-electron chi connectivity index (χ3n) is 6.04. The fourth-order valence-corrected chi connectivity index (χ4v) is 5.64. The predicted octanol–water partition coefficient (Wildman–Crippen LogP) is 3.36. The van der Waals surface area contributed by atoms with Gasteiger partial charge in [-0.15, -0.1) is 4.36 Å². The molecule has 1 unspecified atom stereocenters. The van der Waals surface area contributed by atoms with Gasteiger partial charge >= 0.3 is 0 Å². The fourth-order valence-electron chi connectivity index (χ4n) is 4.59. The largest absolute Gasteiger partial charge is 0.386 e. The van der Waals surface area contributed by atoms with Gasteiger partial charge < -0.3 is 5.11 Å². The molecule has 0 saturated carbocycles. The fraction of sp³-hybridized carbons (Fsp3) is 0.435. The second kappa shape index (κ2) is 7.35. The van der Waals surface area contributed by atoms with E-state index in [1.165, 1.54) is 22.3 Å². The number of benzene rings is 2. The highest BCUT2D eigenvalue weighted by molar-refractivity contribution is 7.91. The van der Waals surface area contributed by atoms with Crippen molar-refractivity contribution < 1.29 is 14.1 Å². The maximum atomic E-state index is 13.0. The Balaban J connectivity index is 1.67. The summed E-state index contributed by atoms with van der Waals surface area (Å²) in [6, 6.07) is 8.89. The Morgan fingerprint density at radius 1 is 1.10 bits per heavy atom. The zero-order valence-electron chi connectivity index (χ0n) is 17.0. The van der Waals surface area contributed by atoms with Gasteiger partial charge in [0.2, 0.25) is 0 Å². The van der Waals surface area contributed by atoms with Gasteiger partial charge in [-0.1, -0.05) is 18.2 Å². The Hall–Kier alpha value is -2.02. The van der Waals surface area contributed by atoms with Crippen LogP contribution in [0.5, 0.6) is 0 Å². The predicted molar refractivity (Wildman–Crippen MR) is 114 cm³/mol. The van der Waals surface area contributed by atoms with E-state index in [-0.39, 0.29) is 11.3 Å². The number of nitrogens with two attached hydrogens (primary N) is 1. The van der Waals surface area contributed by atoms with Gasteiger partial charge in [-0.05, 0) is 97.9 Å². The summed E-state index contributed by atoms with van der Waals surface area (Å²) in [7, 11) is -3.38. The number of carbonyl (C=O) groups excluding carboxylic acids is 1. The lowest BCUT2D eigenvalue weighted by atomic mass is 9.92. The van der Waals surface area contributed by atoms with Gasteiger partial charge in [-0.2, -0.15) is 0 Å². The molecule has 3 N–H and O–H groups in total. The first kappa shape index (κ1) is 20.3. The molecule has 2 aromatic rings. The number of nitrogens with zero attached hydrogens (tertiary/aromatic N) is 1. The van der Waals surface area contributed by atoms with E-state index >= 15 is 0 Å². The van der Waals surface area contributed by atoms with Gasteiger partial charge in [0.25, 0.3) is 5.91 Å². The highest BCUT2D eigenvalue weighted by atomic mass is 32.2. The zero-order chi connectivity index (χ0) is 20.8. The minimum Gasteiger partial charge on any atom is -0.386 e. The molecule has 2 aliphatic rings. The average molecular weight is 413 g/mol. The molecule has 0 spiro atoms. The number of rotatable bonds is 4. The average Bonchev–Trinajstić information content (AvgIpc) is 3.29. The Morgan fingerprint density at radius 3 is 2.31 bits per heavy atom. The quantitative estimate of drug-likeness (QED) is 0.806. The summed E-state index contributed by atoms with van der Waals surface area (Å²) in [6.07, 6.45) is 6.52. The Kier molecular flexibility index (Phi) is 5.13. The number of hydrogen-bond donors (Lipinski definition) is 2. The first-order chi connectivity index (χ1) is 13.6. The molecule has 5 nitrogen and oxygen atoms in total. The minimum atomic E-state index is -3.38. The summed E-state index contributed by atoms with van der Waals surface area (Å²) in [5, 5.41) is 16.2. The molecule has 0 saturated heterocycles. The van der Waals surface area contributed by atoms with Crippen molar-refractivity contribution in [1.29, 1.82) is 0 Å². The Morgan fingerprint density at radius 2 is 1.72 bits per heavy atom. The van der Waals surface area contributed by atoms with Crippen LogP contribution in [0.4, 0.5) is 0 Å². The lowest BCUT2D eigenvalue weighted by Gasteiger charge is -2.18. The van der Waals surface area contributed by atoms with Crippen molar-refractivity contribution >= 4 is 15.8 Å². The molecule has 1 atom stereocenters. The van der Waals surface area contributed by atoms with E-state index in [2.05, 4.69) is 10.4 Å². The highest BCUT2D eigenvalue weighted by Crippen LogP contribution is 2.35. The molecule has 154 valence electrons. The van der Waals surface area contributed by atoms with Crippen LogP contribution >= 0.6 is 0 Å². The topological polar surface area (TPSA) is 92.8 Å². The van der Waals surface area contributed by atoms with Crippen LogP contribution < -0.4 is 5.14 Å². The van der Waals surface area contributed by atoms with E-state index in [4.69, 9.17) is 5.14 Å². The SMILES string of the molecule is CC(C)(O)c1cccc(S(N)(=O)=NC(=O)Cc2c3c(cc4c2CCC4)CCC3)c1. The summed E-state index contributed by atoms with van der Waals surface area (Å²) in [6.45, 7) is 3.28. The summed E-state index contributed by atoms with van der Waals surface area (Å²) >= 11 is 0. The highest BCUT2D eigenvalue weighted by Gasteiger charge is 2.25. The second-order valence-corrected chi connectivity index (χ2v) is 10.4. The molecule has 29 heavy (non-hydrogen) atoms. The first-order valence-electron chi connectivity index (χ1n) is 10.2. The molecule has 0 aliphatic heterocycles. The molecular weight excluding hydrogens is 384 g/mol. The smallest absolute Gasteiger partial charge is 0.259 e. The molecule has 2 aliphatic carbocycles. The van der Waals surface area contributed by atoms with Crippen LogP contribution in [0.15, 0.2) is 39.6 Å². The van der Waals surface area contributed by atoms with Crippen molar-refractivity contribution in [3.63, 3.8) is 0 Å². The van der Waals surface area contributed by atoms with Crippen LogP contribution in [0.1, 0.15) is 60.1 Å². The van der Waals surface area contributed by atoms with Gasteiger partial charge in [0.1, 0.15) is 9.92 Å². The van der Waals surface area contributed by atoms with E-state index in [0.29, 0.717) is 5.56 Å². The van der Waals surface area contributed by atoms with Crippen molar-refractivity contribution in [2.75, 3.05) is 0 Å². The number of aryl methyl sites for hydroxylation is 2. The second-order valence-electron chi connectivity index (χ2n) is 8.65. The van der Waals surface area contributed by atoms with Crippen molar-refractivity contribution in [2.45, 2.75) is 69.3 Å². The molecule has 0 aromatic heterocycles. The van der Waals surface area contributed by atoms with Crippen molar-refractivity contribution in [1.82, 2.24) is 0 Å². The van der Waals surface area contributed by atoms with Crippen molar-refractivity contribution in [3.05, 3.63) is 63.7 Å². The number of amides is 1. The van der Waals surface area contributed by atoms with Gasteiger partial charge in [0, 0.05) is 0 Å². The van der Waals surface area contributed by atoms with Gasteiger partial charge in [-0.3, -0.25) is 4.79 Å². The zero-order valence-corrected chi connectivity index (χ0v) is 17.8. The summed E-state index contributed by atoms with van der Waals surface area (Å²) in [5.74, 6) is -0.444. The molecule has 0 radical (unpaired) electrons. The van der Waals surface area contributed by atoms with Crippen molar-refractivity contribution in [3.8, 4) is 0 Å². The lowest BCUT2D eigenvalue weighted by Crippen LogP contribution is -2.19. The molecule has 0 bridgehead atoms. The summed E-state index contributed by atoms with van der Waals surface area (Å²) in [5.41, 5.74) is 5.89. The van der Waals surface area contributed by atoms with E-state index in [0.717, 1.165) is 44.1 Å². The Labute approximate surface area is 172 Å². The Bertz CT molecular complexity index is 1070. The van der Waals surface area contributed by atoms with Gasteiger partial charge in [0.05, 0.1) is 16.9 Å². The molecule has 2 aromatic carbocycles. The molecular formula is C23H28N2O3S. The van der Waals surface area contributed by atoms with Gasteiger partial charge in [-0.25, -0.2) is 9.35 Å². The molecule has 0 fully saturated rings. The normalized spacial score (nSPS) is 17.5. The van der Waals surface area contributed by atoms with E-state index in [9.17, 15) is 14.1 Å². The third kappa shape index (κ3) is 4.02. The minimum absolute atomic E-state index is 0.158. The number of carbonyl (C=O) groups is 1. The number of fused-ring (bicyclic) bond motifs is 2. The molecule has 6 heteroatoms. The van der Waals surface area contributed by atoms with Crippen LogP contribution in [-0.2, 0) is 52.4 Å². The molecule has 0 heterocycles. The lowest BCUT2D eigenvalue weighted by molar-refractivity contribution is -0.117. The molecule has 1 amide bonds. The third-order valence-corrected chi connectivity index (χ3v) is 7.45. The van der Waals surface area contributed by atoms with Gasteiger partial charge in [0.15, 0.2) is 0 Å². The van der Waals surface area contributed by atoms with E-state index in [1.54, 1.807) is 38.1 Å². The van der Waals surface area contributed by atoms with Crippen LogP contribution in [0, 0.1) is 0 Å². The maximum absolute atomic E-state index is 13.0. The number of aliphatic hydroxyl groups is 1. The summed E-state index contributed by atoms with van der Waals surface area (Å²) < 4.78 is 17.0. The molecule has 4 rings (SSSR count). The van der Waals surface area contributed by atoms with E-state index < -0.39 is 21.4 Å². The standard InChI is InChI=1S/C23H28N2O3S/c1-23(2,27)17-8-5-9-18(13-17)29(24,28)25-22(26)14-21-19-10-3-6-15(19)12-16-7-4-11-20(16)21/h5,8-9,12-13,27H,3-4,6-7,10-11,14H2,1-2H3,(H2,24,25,26,28).